The SMILES string of the molecule is CN(O)C(=N)/C(=N\OCc1csc(N)n1)c1ccccc1. The number of aromatic nitrogens is 1. The largest absolute Gasteiger partial charge is 0.389 e. The fourth-order valence-electron chi connectivity index (χ4n) is 1.53. The Balaban J connectivity index is 2.15. The lowest BCUT2D eigenvalue weighted by molar-refractivity contribution is 0.0148. The summed E-state index contributed by atoms with van der Waals surface area (Å²) in [4.78, 5) is 9.27. The smallest absolute Gasteiger partial charge is 0.180 e. The molecule has 2 rings (SSSR count). The molecule has 7 nitrogen and oxygen atoms in total. The molecule has 8 heteroatoms. The van der Waals surface area contributed by atoms with E-state index in [-0.39, 0.29) is 18.2 Å². The highest BCUT2D eigenvalue weighted by Crippen LogP contribution is 2.12. The van der Waals surface area contributed by atoms with Crippen LogP contribution in [0.2, 0.25) is 0 Å². The third kappa shape index (κ3) is 4.01. The summed E-state index contributed by atoms with van der Waals surface area (Å²) in [5.74, 6) is -0.168. The van der Waals surface area contributed by atoms with Crippen LogP contribution in [0.25, 0.3) is 0 Å². The van der Waals surface area contributed by atoms with Crippen molar-refractivity contribution in [1.29, 1.82) is 5.41 Å². The molecule has 0 unspecified atom stereocenters. The average Bonchev–Trinajstić information content (AvgIpc) is 2.89. The monoisotopic (exact) mass is 305 g/mol. The highest BCUT2D eigenvalue weighted by Gasteiger charge is 2.14. The van der Waals surface area contributed by atoms with Crippen LogP contribution in [0.3, 0.4) is 0 Å². The van der Waals surface area contributed by atoms with E-state index in [2.05, 4.69) is 10.1 Å². The van der Waals surface area contributed by atoms with E-state index in [9.17, 15) is 5.21 Å². The second kappa shape index (κ2) is 6.82. The number of hydrogen-bond donors (Lipinski definition) is 3. The van der Waals surface area contributed by atoms with E-state index in [1.54, 1.807) is 17.5 Å². The summed E-state index contributed by atoms with van der Waals surface area (Å²) in [7, 11) is 1.35. The molecule has 0 saturated heterocycles. The zero-order valence-electron chi connectivity index (χ0n) is 11.4. The molecule has 1 heterocycles. The van der Waals surface area contributed by atoms with Crippen molar-refractivity contribution in [3.8, 4) is 0 Å². The predicted molar refractivity (Wildman–Crippen MR) is 81.6 cm³/mol. The molecule has 0 aliphatic carbocycles. The molecule has 2 aromatic rings. The number of nitrogens with zero attached hydrogens (tertiary/aromatic N) is 3. The van der Waals surface area contributed by atoms with Crippen LogP contribution in [-0.2, 0) is 11.4 Å². The minimum absolute atomic E-state index is 0.145. The second-order valence-corrected chi connectivity index (χ2v) is 5.02. The molecular weight excluding hydrogens is 290 g/mol. The predicted octanol–water partition coefficient (Wildman–Crippen LogP) is 1.94. The molecule has 0 radical (unpaired) electrons. The van der Waals surface area contributed by atoms with E-state index in [0.29, 0.717) is 21.5 Å². The number of rotatable bonds is 5. The first kappa shape index (κ1) is 14.9. The van der Waals surface area contributed by atoms with Crippen molar-refractivity contribution < 1.29 is 10.0 Å². The number of nitrogens with two attached hydrogens (primary N) is 1. The number of hydrogen-bond acceptors (Lipinski definition) is 7. The first-order valence-corrected chi connectivity index (χ1v) is 6.92. The number of anilines is 1. The minimum Gasteiger partial charge on any atom is -0.389 e. The van der Waals surface area contributed by atoms with Crippen LogP contribution < -0.4 is 5.73 Å². The van der Waals surface area contributed by atoms with Crippen LogP contribution in [0.15, 0.2) is 40.9 Å². The highest BCUT2D eigenvalue weighted by molar-refractivity contribution is 7.13. The van der Waals surface area contributed by atoms with Gasteiger partial charge in [-0.1, -0.05) is 35.5 Å². The number of likely N-dealkylation sites (N-methyl/N-ethyl adjacent to an activating group) is 1. The van der Waals surface area contributed by atoms with E-state index < -0.39 is 0 Å². The molecular formula is C13H15N5O2S. The molecule has 1 aromatic heterocycles. The lowest BCUT2D eigenvalue weighted by Gasteiger charge is -2.13. The highest BCUT2D eigenvalue weighted by atomic mass is 32.1. The molecule has 0 amide bonds. The van der Waals surface area contributed by atoms with Gasteiger partial charge in [0.15, 0.2) is 23.3 Å². The van der Waals surface area contributed by atoms with E-state index in [1.165, 1.54) is 18.4 Å². The Morgan fingerprint density at radius 2 is 2.19 bits per heavy atom. The van der Waals surface area contributed by atoms with E-state index in [4.69, 9.17) is 16.0 Å². The van der Waals surface area contributed by atoms with Gasteiger partial charge in [-0.3, -0.25) is 10.6 Å². The van der Waals surface area contributed by atoms with Gasteiger partial charge in [0.1, 0.15) is 0 Å². The molecule has 0 aliphatic heterocycles. The van der Waals surface area contributed by atoms with Gasteiger partial charge in [0.05, 0.1) is 5.69 Å². The first-order valence-electron chi connectivity index (χ1n) is 6.04. The van der Waals surface area contributed by atoms with Crippen LogP contribution in [0.1, 0.15) is 11.3 Å². The summed E-state index contributed by atoms with van der Waals surface area (Å²) >= 11 is 1.32. The maximum absolute atomic E-state index is 9.42. The van der Waals surface area contributed by atoms with Crippen LogP contribution >= 0.6 is 11.3 Å². The standard InChI is InChI=1S/C13H15N5O2S/c1-18(19)12(14)11(9-5-3-2-4-6-9)17-20-7-10-8-21-13(15)16-10/h2-6,8,14,19H,7H2,1H3,(H2,15,16)/b14-12?,17-11-. The van der Waals surface area contributed by atoms with Gasteiger partial charge in [-0.15, -0.1) is 11.3 Å². The van der Waals surface area contributed by atoms with Crippen LogP contribution in [0.5, 0.6) is 0 Å². The number of nitrogens with one attached hydrogen (secondary N) is 1. The fraction of sp³-hybridized carbons (Fsp3) is 0.154. The Kier molecular flexibility index (Phi) is 4.85. The maximum Gasteiger partial charge on any atom is 0.180 e. The Hall–Kier alpha value is -2.45. The second-order valence-electron chi connectivity index (χ2n) is 4.13. The lowest BCUT2D eigenvalue weighted by atomic mass is 10.1. The number of amidine groups is 1. The molecule has 0 saturated carbocycles. The van der Waals surface area contributed by atoms with Crippen LogP contribution in [-0.4, -0.2) is 33.8 Å². The Morgan fingerprint density at radius 1 is 1.48 bits per heavy atom. The summed E-state index contributed by atoms with van der Waals surface area (Å²) in [6.45, 7) is 0.145. The molecule has 0 bridgehead atoms. The molecule has 4 N–H and O–H groups in total. The van der Waals surface area contributed by atoms with E-state index in [1.807, 2.05) is 18.2 Å². The van der Waals surface area contributed by atoms with E-state index in [0.717, 1.165) is 0 Å². The van der Waals surface area contributed by atoms with E-state index >= 15 is 0 Å². The Labute approximate surface area is 125 Å². The number of thiazole rings is 1. The number of hydroxylamine groups is 2. The van der Waals surface area contributed by atoms with Crippen molar-refractivity contribution in [2.24, 2.45) is 5.16 Å². The third-order valence-electron chi connectivity index (χ3n) is 2.53. The summed E-state index contributed by atoms with van der Waals surface area (Å²) in [5, 5.41) is 24.1. The molecule has 110 valence electrons. The van der Waals surface area contributed by atoms with Crippen molar-refractivity contribution in [1.82, 2.24) is 10.0 Å². The summed E-state index contributed by atoms with van der Waals surface area (Å²) in [6.07, 6.45) is 0. The van der Waals surface area contributed by atoms with Gasteiger partial charge in [-0.25, -0.2) is 10.0 Å². The van der Waals surface area contributed by atoms with Crippen molar-refractivity contribution >= 4 is 28.0 Å². The van der Waals surface area contributed by atoms with Gasteiger partial charge >= 0.3 is 0 Å². The van der Waals surface area contributed by atoms with Gasteiger partial charge in [0.2, 0.25) is 0 Å². The quantitative estimate of drug-likeness (QED) is 0.444. The number of benzene rings is 1. The summed E-state index contributed by atoms with van der Waals surface area (Å²) < 4.78 is 0. The lowest BCUT2D eigenvalue weighted by Crippen LogP contribution is -2.30. The molecule has 0 atom stereocenters. The van der Waals surface area contributed by atoms with Crippen LogP contribution in [0.4, 0.5) is 5.13 Å². The van der Waals surface area contributed by atoms with Gasteiger partial charge in [0, 0.05) is 18.0 Å². The Bertz CT molecular complexity index is 639. The zero-order chi connectivity index (χ0) is 15.2. The van der Waals surface area contributed by atoms with Crippen molar-refractivity contribution in [2.75, 3.05) is 12.8 Å². The minimum atomic E-state index is -0.168. The molecule has 0 spiro atoms. The molecule has 0 fully saturated rings. The van der Waals surface area contributed by atoms with Gasteiger partial charge in [-0.2, -0.15) is 0 Å². The van der Waals surface area contributed by atoms with Crippen molar-refractivity contribution in [2.45, 2.75) is 6.61 Å². The average molecular weight is 305 g/mol. The molecule has 0 aliphatic rings. The fourth-order valence-corrected chi connectivity index (χ4v) is 2.08. The molecule has 21 heavy (non-hydrogen) atoms. The van der Waals surface area contributed by atoms with Crippen molar-refractivity contribution in [3.63, 3.8) is 0 Å². The van der Waals surface area contributed by atoms with Gasteiger partial charge in [0.25, 0.3) is 0 Å². The van der Waals surface area contributed by atoms with Gasteiger partial charge < -0.3 is 10.6 Å². The number of nitrogen functional groups attached to an aromatic ring is 1. The zero-order valence-corrected chi connectivity index (χ0v) is 12.2. The van der Waals surface area contributed by atoms with Crippen LogP contribution in [0, 0.1) is 5.41 Å². The summed E-state index contributed by atoms with van der Waals surface area (Å²) in [5.41, 5.74) is 7.09. The van der Waals surface area contributed by atoms with Gasteiger partial charge in [-0.05, 0) is 0 Å². The Morgan fingerprint density at radius 3 is 2.76 bits per heavy atom. The number of oxime groups is 1. The topological polar surface area (TPSA) is 108 Å². The normalized spacial score (nSPS) is 11.2. The van der Waals surface area contributed by atoms with Crippen molar-refractivity contribution in [3.05, 3.63) is 47.0 Å². The first-order chi connectivity index (χ1) is 10.1. The molecule has 1 aromatic carbocycles. The summed E-state index contributed by atoms with van der Waals surface area (Å²) in [6, 6.07) is 9.04. The maximum atomic E-state index is 9.42. The third-order valence-corrected chi connectivity index (χ3v) is 3.26.